The summed E-state index contributed by atoms with van der Waals surface area (Å²) in [6.45, 7) is 4.11. The topological polar surface area (TPSA) is 36.4 Å². The summed E-state index contributed by atoms with van der Waals surface area (Å²) in [5, 5.41) is 8.02. The molecule has 1 aliphatic carbocycles. The second-order valence-electron chi connectivity index (χ2n) is 3.98. The van der Waals surface area contributed by atoms with E-state index in [0.717, 1.165) is 12.8 Å². The first-order valence-electron chi connectivity index (χ1n) is 5.30. The molecule has 0 aliphatic heterocycles. The van der Waals surface area contributed by atoms with E-state index in [1.54, 1.807) is 0 Å². The van der Waals surface area contributed by atoms with Gasteiger partial charge in [-0.25, -0.2) is 0 Å². The molecule has 0 atom stereocenters. The van der Waals surface area contributed by atoms with Crippen LogP contribution in [0.2, 0.25) is 0 Å². The van der Waals surface area contributed by atoms with Crippen LogP contribution in [-0.4, -0.2) is 16.9 Å². The molecule has 1 rings (SSSR count). The summed E-state index contributed by atoms with van der Waals surface area (Å²) in [5.41, 5.74) is 4.15. The summed E-state index contributed by atoms with van der Waals surface area (Å²) in [6.07, 6.45) is 6.12. The largest absolute Gasteiger partial charge is 0.359 e. The fraction of sp³-hybridized carbons (Fsp3) is 0.800. The van der Waals surface area contributed by atoms with E-state index in [-0.39, 0.29) is 0 Å². The van der Waals surface area contributed by atoms with Crippen molar-refractivity contribution >= 4 is 23.0 Å². The number of nitrogens with one attached hydrogen (secondary N) is 2. The van der Waals surface area contributed by atoms with Crippen molar-refractivity contribution in [2.45, 2.75) is 52.0 Å². The zero-order valence-electron chi connectivity index (χ0n) is 8.97. The van der Waals surface area contributed by atoms with Gasteiger partial charge in [-0.3, -0.25) is 5.43 Å². The second kappa shape index (κ2) is 5.96. The van der Waals surface area contributed by atoms with Gasteiger partial charge >= 0.3 is 0 Å². The molecule has 0 unspecified atom stereocenters. The minimum atomic E-state index is 0.363. The Morgan fingerprint density at radius 3 is 2.50 bits per heavy atom. The monoisotopic (exact) mass is 213 g/mol. The second-order valence-corrected chi connectivity index (χ2v) is 4.39. The van der Waals surface area contributed by atoms with E-state index in [4.69, 9.17) is 12.2 Å². The Hall–Kier alpha value is -0.640. The van der Waals surface area contributed by atoms with Gasteiger partial charge in [0.25, 0.3) is 0 Å². The van der Waals surface area contributed by atoms with Crippen molar-refractivity contribution in [1.29, 1.82) is 0 Å². The first-order valence-corrected chi connectivity index (χ1v) is 5.71. The number of hydrogen-bond acceptors (Lipinski definition) is 2. The molecule has 0 spiro atoms. The molecule has 2 N–H and O–H groups in total. The minimum absolute atomic E-state index is 0.363. The lowest BCUT2D eigenvalue weighted by molar-refractivity contribution is 0.659. The normalized spacial score (nSPS) is 16.6. The van der Waals surface area contributed by atoms with Crippen LogP contribution in [0.25, 0.3) is 0 Å². The Morgan fingerprint density at radius 2 is 1.93 bits per heavy atom. The van der Waals surface area contributed by atoms with Crippen LogP contribution >= 0.6 is 12.2 Å². The molecule has 0 amide bonds. The van der Waals surface area contributed by atoms with Crippen LogP contribution in [0.1, 0.15) is 46.0 Å². The van der Waals surface area contributed by atoms with Gasteiger partial charge in [-0.05, 0) is 51.7 Å². The maximum atomic E-state index is 5.07. The molecule has 1 saturated carbocycles. The summed E-state index contributed by atoms with van der Waals surface area (Å²) >= 11 is 5.07. The highest BCUT2D eigenvalue weighted by Crippen LogP contribution is 2.13. The fourth-order valence-corrected chi connectivity index (χ4v) is 1.78. The number of rotatable bonds is 2. The van der Waals surface area contributed by atoms with E-state index < -0.39 is 0 Å². The Morgan fingerprint density at radius 1 is 1.29 bits per heavy atom. The van der Waals surface area contributed by atoms with Crippen molar-refractivity contribution in [3.8, 4) is 0 Å². The van der Waals surface area contributed by atoms with E-state index in [1.807, 2.05) is 0 Å². The highest BCUT2D eigenvalue weighted by atomic mass is 32.1. The highest BCUT2D eigenvalue weighted by molar-refractivity contribution is 7.80. The Kier molecular flexibility index (Phi) is 4.87. The van der Waals surface area contributed by atoms with E-state index in [0.29, 0.717) is 11.2 Å². The number of nitrogens with zero attached hydrogens (tertiary/aromatic N) is 1. The maximum absolute atomic E-state index is 5.07. The molecular formula is C10H19N3S. The van der Waals surface area contributed by atoms with E-state index in [1.165, 1.54) is 25.0 Å². The lowest BCUT2D eigenvalue weighted by Gasteiger charge is -2.14. The Bertz CT molecular complexity index is 215. The van der Waals surface area contributed by atoms with Crippen molar-refractivity contribution < 1.29 is 0 Å². The average Bonchev–Trinajstić information content (AvgIpc) is 2.15. The molecule has 1 aliphatic rings. The highest BCUT2D eigenvalue weighted by Gasteiger charge is 2.06. The number of thiocarbonyl (C=S) groups is 1. The van der Waals surface area contributed by atoms with Crippen LogP contribution in [-0.2, 0) is 0 Å². The molecule has 0 aromatic heterocycles. The third-order valence-corrected chi connectivity index (χ3v) is 2.38. The quantitative estimate of drug-likeness (QED) is 0.545. The third-order valence-electron chi connectivity index (χ3n) is 2.17. The van der Waals surface area contributed by atoms with Crippen molar-refractivity contribution in [3.05, 3.63) is 0 Å². The van der Waals surface area contributed by atoms with Crippen molar-refractivity contribution in [2.24, 2.45) is 5.10 Å². The number of hydrazone groups is 1. The maximum Gasteiger partial charge on any atom is 0.187 e. The molecular weight excluding hydrogens is 194 g/mol. The van der Waals surface area contributed by atoms with Crippen LogP contribution < -0.4 is 10.7 Å². The molecule has 80 valence electrons. The molecule has 0 aromatic rings. The summed E-state index contributed by atoms with van der Waals surface area (Å²) in [7, 11) is 0. The van der Waals surface area contributed by atoms with E-state index >= 15 is 0 Å². The molecule has 4 heteroatoms. The summed E-state index contributed by atoms with van der Waals surface area (Å²) in [4.78, 5) is 0. The van der Waals surface area contributed by atoms with Gasteiger partial charge in [0.05, 0.1) is 0 Å². The van der Waals surface area contributed by atoms with Gasteiger partial charge in [0.15, 0.2) is 5.11 Å². The van der Waals surface area contributed by atoms with E-state index in [2.05, 4.69) is 29.7 Å². The van der Waals surface area contributed by atoms with Crippen LogP contribution in [0.5, 0.6) is 0 Å². The first-order chi connectivity index (χ1) is 6.68. The van der Waals surface area contributed by atoms with Crippen molar-refractivity contribution in [2.75, 3.05) is 0 Å². The summed E-state index contributed by atoms with van der Waals surface area (Å²) < 4.78 is 0. The molecule has 1 fully saturated rings. The zero-order chi connectivity index (χ0) is 10.4. The molecule has 3 nitrogen and oxygen atoms in total. The van der Waals surface area contributed by atoms with Crippen molar-refractivity contribution in [3.63, 3.8) is 0 Å². The number of hydrogen-bond donors (Lipinski definition) is 2. The zero-order valence-corrected chi connectivity index (χ0v) is 9.78. The van der Waals surface area contributed by atoms with Gasteiger partial charge < -0.3 is 5.32 Å². The lowest BCUT2D eigenvalue weighted by atomic mass is 9.99. The van der Waals surface area contributed by atoms with Gasteiger partial charge in [0, 0.05) is 11.8 Å². The van der Waals surface area contributed by atoms with Crippen LogP contribution in [0.3, 0.4) is 0 Å². The van der Waals surface area contributed by atoms with Crippen LogP contribution in [0.15, 0.2) is 5.10 Å². The standard InChI is InChI=1S/C10H19N3S/c1-8(2)11-10(14)13-12-9-6-4-3-5-7-9/h8H,3-7H2,1-2H3,(H2,11,13,14). The minimum Gasteiger partial charge on any atom is -0.359 e. The van der Waals surface area contributed by atoms with Crippen molar-refractivity contribution in [1.82, 2.24) is 10.7 Å². The third kappa shape index (κ3) is 4.56. The molecule has 0 radical (unpaired) electrons. The smallest absolute Gasteiger partial charge is 0.187 e. The SMILES string of the molecule is CC(C)NC(=S)NN=C1CCCCC1. The molecule has 0 bridgehead atoms. The fourth-order valence-electron chi connectivity index (χ4n) is 1.50. The Labute approximate surface area is 91.3 Å². The predicted octanol–water partition coefficient (Wildman–Crippen LogP) is 2.18. The molecule has 0 heterocycles. The van der Waals surface area contributed by atoms with Gasteiger partial charge in [-0.1, -0.05) is 6.42 Å². The van der Waals surface area contributed by atoms with Gasteiger partial charge in [-0.15, -0.1) is 0 Å². The van der Waals surface area contributed by atoms with Gasteiger partial charge in [0.2, 0.25) is 0 Å². The summed E-state index contributed by atoms with van der Waals surface area (Å²) in [5.74, 6) is 0. The van der Waals surface area contributed by atoms with E-state index in [9.17, 15) is 0 Å². The summed E-state index contributed by atoms with van der Waals surface area (Å²) in [6, 6.07) is 0.363. The predicted molar refractivity (Wildman–Crippen MR) is 64.5 cm³/mol. The Balaban J connectivity index is 2.26. The van der Waals surface area contributed by atoms with Crippen LogP contribution in [0, 0.1) is 0 Å². The van der Waals surface area contributed by atoms with Gasteiger partial charge in [-0.2, -0.15) is 5.10 Å². The van der Waals surface area contributed by atoms with Gasteiger partial charge in [0.1, 0.15) is 0 Å². The lowest BCUT2D eigenvalue weighted by Crippen LogP contribution is -2.37. The first kappa shape index (κ1) is 11.4. The molecule has 0 saturated heterocycles. The average molecular weight is 213 g/mol. The molecule has 0 aromatic carbocycles. The van der Waals surface area contributed by atoms with Crippen LogP contribution in [0.4, 0.5) is 0 Å². The molecule has 14 heavy (non-hydrogen) atoms.